The third kappa shape index (κ3) is 64.4. The van der Waals surface area contributed by atoms with Gasteiger partial charge in [-0.3, -0.25) is 14.4 Å². The lowest BCUT2D eigenvalue weighted by Crippen LogP contribution is -2.30. The first kappa shape index (κ1) is 74.7. The molecule has 0 rings (SSSR count). The normalized spacial score (nSPS) is 13.7. The van der Waals surface area contributed by atoms with Crippen LogP contribution in [-0.2, 0) is 28.6 Å². The van der Waals surface area contributed by atoms with Gasteiger partial charge in [-0.2, -0.15) is 0 Å². The monoisotopic (exact) mass is 1110 g/mol. The van der Waals surface area contributed by atoms with Gasteiger partial charge >= 0.3 is 17.9 Å². The highest BCUT2D eigenvalue weighted by Crippen LogP contribution is 2.11. The van der Waals surface area contributed by atoms with Crippen LogP contribution in [0.15, 0.2) is 219 Å². The quantitative estimate of drug-likeness (QED) is 0.0261. The largest absolute Gasteiger partial charge is 0.462 e. The molecule has 0 aliphatic carbocycles. The first-order valence-electron chi connectivity index (χ1n) is 31.2. The Kier molecular flexibility index (Phi) is 61.1. The summed E-state index contributed by atoms with van der Waals surface area (Å²) < 4.78 is 16.7. The van der Waals surface area contributed by atoms with Crippen molar-refractivity contribution in [1.29, 1.82) is 0 Å². The van der Waals surface area contributed by atoms with E-state index in [0.29, 0.717) is 19.3 Å². The molecule has 0 spiro atoms. The minimum atomic E-state index is -0.853. The van der Waals surface area contributed by atoms with Crippen LogP contribution >= 0.6 is 0 Å². The van der Waals surface area contributed by atoms with Crippen molar-refractivity contribution in [3.05, 3.63) is 219 Å². The number of rotatable bonds is 53. The molecule has 6 heteroatoms. The van der Waals surface area contributed by atoms with Crippen LogP contribution in [0.2, 0.25) is 0 Å². The van der Waals surface area contributed by atoms with Crippen LogP contribution in [0.3, 0.4) is 0 Å². The Bertz CT molecular complexity index is 2050. The summed E-state index contributed by atoms with van der Waals surface area (Å²) in [7, 11) is 0. The standard InChI is InChI=1S/C75H110O6/c1-4-7-10-13-16-19-22-25-27-28-29-30-31-32-33-34-35-36-37-38-39-40-41-42-43-44-45-46-48-50-53-56-59-62-65-68-74(77)80-71-72(70-79-73(76)67-64-61-58-55-52-49-24-21-18-15-12-9-6-3)81-75(78)69-66-63-60-57-54-51-47-26-23-20-17-14-11-8-5-2/h7-12,16-21,25-27,29-30,32-33,35-36,38-39,41-42,44-45,47-50,52,54,57-58,61,72H,4-6,13-15,22-24,28,31,34,37,40,43,46,51,53,55-56,59-60,62-71H2,1-3H3/b10-7-,11-8-,12-9-,19-16-,20-17-,21-18-,27-25-,30-29-,33-32-,36-35-,39-38-,42-41-,45-44-,47-26-,50-48-,52-49-,57-54-,61-58-. The molecule has 0 aromatic rings. The first-order valence-corrected chi connectivity index (χ1v) is 31.2. The van der Waals surface area contributed by atoms with Gasteiger partial charge in [-0.15, -0.1) is 0 Å². The number of allylic oxidation sites excluding steroid dienone is 36. The Hall–Kier alpha value is -6.27. The lowest BCUT2D eigenvalue weighted by atomic mass is 10.1. The van der Waals surface area contributed by atoms with Crippen molar-refractivity contribution in [2.24, 2.45) is 0 Å². The van der Waals surface area contributed by atoms with E-state index >= 15 is 0 Å². The van der Waals surface area contributed by atoms with Crippen molar-refractivity contribution in [2.45, 2.75) is 219 Å². The lowest BCUT2D eigenvalue weighted by molar-refractivity contribution is -0.166. The maximum absolute atomic E-state index is 12.8. The maximum Gasteiger partial charge on any atom is 0.306 e. The summed E-state index contributed by atoms with van der Waals surface area (Å²) >= 11 is 0. The summed E-state index contributed by atoms with van der Waals surface area (Å²) in [5, 5.41) is 0. The van der Waals surface area contributed by atoms with Gasteiger partial charge in [-0.05, 0) is 161 Å². The lowest BCUT2D eigenvalue weighted by Gasteiger charge is -2.18. The molecule has 0 saturated carbocycles. The van der Waals surface area contributed by atoms with E-state index in [1.54, 1.807) is 0 Å². The second kappa shape index (κ2) is 66.2. The summed E-state index contributed by atoms with van der Waals surface area (Å²) in [6.45, 7) is 6.14. The number of ether oxygens (including phenoxy) is 3. The predicted molar refractivity (Wildman–Crippen MR) is 352 cm³/mol. The number of carbonyl (C=O) groups is 3. The molecule has 0 fully saturated rings. The third-order valence-corrected chi connectivity index (χ3v) is 12.0. The Morgan fingerprint density at radius 3 is 0.778 bits per heavy atom. The van der Waals surface area contributed by atoms with Gasteiger partial charge in [0.15, 0.2) is 6.10 Å². The van der Waals surface area contributed by atoms with Crippen LogP contribution in [0.1, 0.15) is 213 Å². The van der Waals surface area contributed by atoms with Gasteiger partial charge in [0.25, 0.3) is 0 Å². The number of carbonyl (C=O) groups excluding carboxylic acids is 3. The zero-order chi connectivity index (χ0) is 58.5. The fourth-order valence-electron chi connectivity index (χ4n) is 7.41. The molecule has 0 amide bonds. The van der Waals surface area contributed by atoms with Gasteiger partial charge in [0.2, 0.25) is 0 Å². The molecule has 81 heavy (non-hydrogen) atoms. The highest BCUT2D eigenvalue weighted by molar-refractivity contribution is 5.71. The predicted octanol–water partition coefficient (Wildman–Crippen LogP) is 21.8. The van der Waals surface area contributed by atoms with Gasteiger partial charge in [0, 0.05) is 19.3 Å². The molecule has 0 aromatic heterocycles. The van der Waals surface area contributed by atoms with Crippen LogP contribution in [0.25, 0.3) is 0 Å². The fraction of sp³-hybridized carbons (Fsp3) is 0.480. The second-order valence-electron chi connectivity index (χ2n) is 19.5. The maximum atomic E-state index is 12.8. The molecule has 0 saturated heterocycles. The molecule has 1 atom stereocenters. The van der Waals surface area contributed by atoms with Crippen LogP contribution < -0.4 is 0 Å². The molecule has 0 radical (unpaired) electrons. The van der Waals surface area contributed by atoms with Crippen molar-refractivity contribution in [1.82, 2.24) is 0 Å². The first-order chi connectivity index (χ1) is 40.0. The van der Waals surface area contributed by atoms with E-state index in [1.165, 1.54) is 0 Å². The van der Waals surface area contributed by atoms with Crippen molar-refractivity contribution in [2.75, 3.05) is 13.2 Å². The summed E-state index contributed by atoms with van der Waals surface area (Å²) in [4.78, 5) is 38.1. The average molecular weight is 1110 g/mol. The topological polar surface area (TPSA) is 78.9 Å². The zero-order valence-electron chi connectivity index (χ0n) is 50.9. The van der Waals surface area contributed by atoms with Gasteiger partial charge in [0.1, 0.15) is 13.2 Å². The smallest absolute Gasteiger partial charge is 0.306 e. The van der Waals surface area contributed by atoms with Gasteiger partial charge in [-0.1, -0.05) is 252 Å². The van der Waals surface area contributed by atoms with E-state index < -0.39 is 6.10 Å². The SMILES string of the molecule is CC/C=C\C/C=C\C/C=C\C/C=C\C/C=C\C/C=C\C/C=C\C/C=C\C/C=C\C/C=C\CCCCCCC(=O)OCC(COC(=O)CC/C=C\C/C=C\C/C=C\C/C=C\CC)OC(=O)CCCC/C=C\C/C=C\C/C=C\C/C=C\CC. The summed E-state index contributed by atoms with van der Waals surface area (Å²) in [5.74, 6) is -1.11. The molecule has 0 aromatic carbocycles. The van der Waals surface area contributed by atoms with Crippen molar-refractivity contribution in [3.63, 3.8) is 0 Å². The summed E-state index contributed by atoms with van der Waals surface area (Å²) in [5.41, 5.74) is 0. The van der Waals surface area contributed by atoms with Crippen molar-refractivity contribution in [3.8, 4) is 0 Å². The fourth-order valence-corrected chi connectivity index (χ4v) is 7.41. The van der Waals surface area contributed by atoms with Crippen molar-refractivity contribution >= 4 is 17.9 Å². The molecule has 0 aliphatic heterocycles. The van der Waals surface area contributed by atoms with Gasteiger partial charge < -0.3 is 14.2 Å². The van der Waals surface area contributed by atoms with E-state index in [1.807, 2.05) is 12.2 Å². The molecule has 446 valence electrons. The summed E-state index contributed by atoms with van der Waals surface area (Å²) in [6, 6.07) is 0. The molecule has 0 aliphatic rings. The van der Waals surface area contributed by atoms with Gasteiger partial charge in [0.05, 0.1) is 0 Å². The molecule has 0 heterocycles. The number of esters is 3. The van der Waals surface area contributed by atoms with E-state index in [4.69, 9.17) is 14.2 Å². The van der Waals surface area contributed by atoms with Crippen LogP contribution in [-0.4, -0.2) is 37.2 Å². The molecule has 0 bridgehead atoms. The number of unbranched alkanes of at least 4 members (excludes halogenated alkanes) is 6. The molecule has 1 unspecified atom stereocenters. The number of hydrogen-bond donors (Lipinski definition) is 0. The Morgan fingerprint density at radius 1 is 0.247 bits per heavy atom. The molecule has 6 nitrogen and oxygen atoms in total. The van der Waals surface area contributed by atoms with Crippen LogP contribution in [0.5, 0.6) is 0 Å². The molecular formula is C75H110O6. The van der Waals surface area contributed by atoms with E-state index in [2.05, 4.69) is 227 Å². The van der Waals surface area contributed by atoms with E-state index in [9.17, 15) is 14.4 Å². The second-order valence-corrected chi connectivity index (χ2v) is 19.5. The van der Waals surface area contributed by atoms with Gasteiger partial charge in [-0.25, -0.2) is 0 Å². The minimum Gasteiger partial charge on any atom is -0.462 e. The van der Waals surface area contributed by atoms with Crippen LogP contribution in [0.4, 0.5) is 0 Å². The Labute approximate surface area is 495 Å². The zero-order valence-corrected chi connectivity index (χ0v) is 50.9. The average Bonchev–Trinajstić information content (AvgIpc) is 3.46. The summed E-state index contributed by atoms with van der Waals surface area (Å²) in [6.07, 6.45) is 104. The van der Waals surface area contributed by atoms with E-state index in [-0.39, 0.29) is 44.0 Å². The highest BCUT2D eigenvalue weighted by Gasteiger charge is 2.19. The minimum absolute atomic E-state index is 0.143. The third-order valence-electron chi connectivity index (χ3n) is 12.0. The number of hydrogen-bond acceptors (Lipinski definition) is 6. The molecule has 0 N–H and O–H groups in total. The Morgan fingerprint density at radius 2 is 0.469 bits per heavy atom. The Balaban J connectivity index is 4.43. The van der Waals surface area contributed by atoms with Crippen molar-refractivity contribution < 1.29 is 28.6 Å². The van der Waals surface area contributed by atoms with E-state index in [0.717, 1.165) is 161 Å². The van der Waals surface area contributed by atoms with Crippen LogP contribution in [0, 0.1) is 0 Å². The molecular weight excluding hydrogens is 997 g/mol. The highest BCUT2D eigenvalue weighted by atomic mass is 16.6.